The van der Waals surface area contributed by atoms with Crippen molar-refractivity contribution < 1.29 is 23.9 Å². The van der Waals surface area contributed by atoms with Crippen LogP contribution in [0.25, 0.3) is 0 Å². The molecule has 3 saturated heterocycles. The molecule has 9 heteroatoms. The average molecular weight is 738 g/mol. The third kappa shape index (κ3) is 9.91. The summed E-state index contributed by atoms with van der Waals surface area (Å²) < 4.78 is 5.58. The molecule has 3 aliphatic rings. The smallest absolute Gasteiger partial charge is 0.249 e. The van der Waals surface area contributed by atoms with Crippen molar-refractivity contribution >= 4 is 41.0 Å². The highest BCUT2D eigenvalue weighted by Gasteiger charge is 2.40. The largest absolute Gasteiger partial charge is 0.495 e. The van der Waals surface area contributed by atoms with Gasteiger partial charge in [0.1, 0.15) is 17.6 Å². The van der Waals surface area contributed by atoms with Gasteiger partial charge in [0.2, 0.25) is 17.7 Å². The maximum atomic E-state index is 14.3. The number of anilines is 1. The Morgan fingerprint density at radius 1 is 0.792 bits per heavy atom. The van der Waals surface area contributed by atoms with Crippen LogP contribution in [0.5, 0.6) is 5.75 Å². The van der Waals surface area contributed by atoms with Crippen molar-refractivity contribution in [2.24, 2.45) is 17.8 Å². The first-order valence-corrected chi connectivity index (χ1v) is 20.7. The first kappa shape index (κ1) is 38.6. The summed E-state index contributed by atoms with van der Waals surface area (Å²) in [6.45, 7) is 2.70. The van der Waals surface area contributed by atoms with Crippen LogP contribution in [-0.2, 0) is 32.0 Å². The molecule has 1 N–H and O–H groups in total. The standard InChI is InChI=1S/C44H55N3O5S/c1-31-14-13-22-41-47(31)43(50)36(25-27-53-41)30-39(48)34(28-32-15-5-3-6-16-32)23-24-35(29-33-17-7-4-8-18-33)42(49)45-37-19-11-12-26-46(44(37)51)38-20-9-10-21-40(38)52-2/h3-10,15-18,20-21,31,34-37,41H,11-14,19,22-30H2,1-2H3,(H,45,49)/t31-,34?,35-,36-,37?,41+/m1/s1. The summed E-state index contributed by atoms with van der Waals surface area (Å²) in [5.41, 5.74) is 2.82. The Balaban J connectivity index is 1.19. The van der Waals surface area contributed by atoms with Crippen molar-refractivity contribution in [3.05, 3.63) is 96.1 Å². The number of nitrogens with zero attached hydrogens (tertiary/aromatic N) is 2. The zero-order chi connectivity index (χ0) is 37.2. The van der Waals surface area contributed by atoms with Crippen LogP contribution >= 0.6 is 11.8 Å². The first-order valence-electron chi connectivity index (χ1n) is 19.6. The number of hydrogen-bond acceptors (Lipinski definition) is 6. The lowest BCUT2D eigenvalue weighted by atomic mass is 9.82. The SMILES string of the molecule is COc1ccccc1N1CCCCC(NC(=O)[C@H](CCC(Cc2ccccc2)C(=O)C[C@H]2CCS[C@H]3CCC[C@@H](C)N3C2=O)Cc2ccccc2)C1=O. The van der Waals surface area contributed by atoms with Crippen molar-refractivity contribution in [2.75, 3.05) is 24.3 Å². The van der Waals surface area contributed by atoms with Crippen molar-refractivity contribution in [3.63, 3.8) is 0 Å². The van der Waals surface area contributed by atoms with Crippen molar-refractivity contribution in [2.45, 2.75) is 101 Å². The Morgan fingerprint density at radius 3 is 2.17 bits per heavy atom. The fourth-order valence-electron chi connectivity index (χ4n) is 8.41. The molecule has 3 aromatic rings. The van der Waals surface area contributed by atoms with Gasteiger partial charge in [-0.15, -0.1) is 11.8 Å². The van der Waals surface area contributed by atoms with Gasteiger partial charge in [-0.2, -0.15) is 0 Å². The Bertz CT molecular complexity index is 1690. The van der Waals surface area contributed by atoms with Gasteiger partial charge in [0.25, 0.3) is 0 Å². The molecule has 0 saturated carbocycles. The number of ketones is 1. The van der Waals surface area contributed by atoms with Crippen molar-refractivity contribution in [1.82, 2.24) is 10.2 Å². The Hall–Kier alpha value is -4.11. The number of hydrogen-bond donors (Lipinski definition) is 1. The van der Waals surface area contributed by atoms with Gasteiger partial charge in [0, 0.05) is 36.8 Å². The van der Waals surface area contributed by atoms with Gasteiger partial charge < -0.3 is 19.9 Å². The minimum Gasteiger partial charge on any atom is -0.495 e. The average Bonchev–Trinajstić information content (AvgIpc) is 3.46. The van der Waals surface area contributed by atoms with Crippen LogP contribution < -0.4 is 15.0 Å². The van der Waals surface area contributed by atoms with E-state index >= 15 is 0 Å². The Morgan fingerprint density at radius 2 is 1.45 bits per heavy atom. The number of Topliss-reactive ketones (excluding diaryl/α,β-unsaturated/α-hetero) is 1. The predicted octanol–water partition coefficient (Wildman–Crippen LogP) is 7.63. The second kappa shape index (κ2) is 18.8. The molecule has 3 fully saturated rings. The van der Waals surface area contributed by atoms with Gasteiger partial charge in [-0.1, -0.05) is 72.8 Å². The number of benzene rings is 3. The number of methoxy groups -OCH3 is 1. The van der Waals surface area contributed by atoms with Gasteiger partial charge in [-0.25, -0.2) is 0 Å². The van der Waals surface area contributed by atoms with Gasteiger partial charge in [-0.05, 0) is 107 Å². The number of nitrogens with one attached hydrogen (secondary N) is 1. The number of ether oxygens (including phenoxy) is 1. The van der Waals surface area contributed by atoms with Crippen LogP contribution in [0.4, 0.5) is 5.69 Å². The van der Waals surface area contributed by atoms with Crippen LogP contribution in [0.1, 0.15) is 82.3 Å². The normalized spacial score (nSPS) is 23.3. The fraction of sp³-hybridized carbons (Fsp3) is 0.500. The molecule has 3 amide bonds. The van der Waals surface area contributed by atoms with E-state index in [-0.39, 0.29) is 53.2 Å². The lowest BCUT2D eigenvalue weighted by molar-refractivity contribution is -0.142. The summed E-state index contributed by atoms with van der Waals surface area (Å²) in [5.74, 6) is 0.365. The molecule has 53 heavy (non-hydrogen) atoms. The molecule has 2 unspecified atom stereocenters. The second-order valence-electron chi connectivity index (χ2n) is 15.1. The number of carbonyl (C=O) groups is 4. The number of para-hydroxylation sites is 2. The third-order valence-electron chi connectivity index (χ3n) is 11.4. The van der Waals surface area contributed by atoms with E-state index in [9.17, 15) is 19.2 Å². The van der Waals surface area contributed by atoms with Gasteiger partial charge in [0.15, 0.2) is 0 Å². The zero-order valence-corrected chi connectivity index (χ0v) is 32.1. The summed E-state index contributed by atoms with van der Waals surface area (Å²) in [7, 11) is 1.60. The van der Waals surface area contributed by atoms with Crippen LogP contribution in [0, 0.1) is 17.8 Å². The van der Waals surface area contributed by atoms with E-state index in [0.717, 1.165) is 49.0 Å². The highest BCUT2D eigenvalue weighted by molar-refractivity contribution is 7.99. The van der Waals surface area contributed by atoms with E-state index in [2.05, 4.69) is 17.1 Å². The number of amides is 3. The topological polar surface area (TPSA) is 96.0 Å². The molecular weight excluding hydrogens is 683 g/mol. The maximum Gasteiger partial charge on any atom is 0.249 e. The molecule has 3 aromatic carbocycles. The van der Waals surface area contributed by atoms with E-state index in [1.807, 2.05) is 96.7 Å². The fourth-order valence-corrected chi connectivity index (χ4v) is 9.91. The number of piperidine rings is 1. The Kier molecular flexibility index (Phi) is 13.7. The van der Waals surface area contributed by atoms with E-state index in [1.165, 1.54) is 0 Å². The molecule has 8 nitrogen and oxygen atoms in total. The van der Waals surface area contributed by atoms with Crippen molar-refractivity contribution in [1.29, 1.82) is 0 Å². The van der Waals surface area contributed by atoms with Gasteiger partial charge in [0.05, 0.1) is 18.2 Å². The number of thioether (sulfide) groups is 1. The van der Waals surface area contributed by atoms with Crippen LogP contribution in [0.3, 0.4) is 0 Å². The Labute approximate surface area is 319 Å². The molecule has 3 heterocycles. The monoisotopic (exact) mass is 737 g/mol. The molecule has 0 radical (unpaired) electrons. The summed E-state index contributed by atoms with van der Waals surface area (Å²) in [4.78, 5) is 60.4. The van der Waals surface area contributed by atoms with E-state index in [0.29, 0.717) is 56.5 Å². The zero-order valence-electron chi connectivity index (χ0n) is 31.3. The molecule has 0 aliphatic carbocycles. The molecule has 6 atom stereocenters. The summed E-state index contributed by atoms with van der Waals surface area (Å²) in [6, 6.07) is 27.1. The summed E-state index contributed by atoms with van der Waals surface area (Å²) in [6.07, 6.45) is 8.39. The minimum absolute atomic E-state index is 0.102. The predicted molar refractivity (Wildman–Crippen MR) is 212 cm³/mol. The number of carbonyl (C=O) groups excluding carboxylic acids is 4. The lowest BCUT2D eigenvalue weighted by Crippen LogP contribution is -2.49. The highest BCUT2D eigenvalue weighted by Crippen LogP contribution is 2.37. The third-order valence-corrected chi connectivity index (χ3v) is 12.7. The molecule has 3 aliphatic heterocycles. The molecular formula is C44H55N3O5S. The van der Waals surface area contributed by atoms with Gasteiger partial charge >= 0.3 is 0 Å². The lowest BCUT2D eigenvalue weighted by Gasteiger charge is -2.40. The quantitative estimate of drug-likeness (QED) is 0.183. The highest BCUT2D eigenvalue weighted by atomic mass is 32.2. The van der Waals surface area contributed by atoms with Crippen molar-refractivity contribution in [3.8, 4) is 5.75 Å². The van der Waals surface area contributed by atoms with Gasteiger partial charge in [-0.3, -0.25) is 19.2 Å². The van der Waals surface area contributed by atoms with E-state index in [1.54, 1.807) is 12.0 Å². The maximum absolute atomic E-state index is 14.3. The number of fused-ring (bicyclic) bond motifs is 1. The molecule has 0 bridgehead atoms. The first-order chi connectivity index (χ1) is 25.8. The minimum atomic E-state index is -0.657. The molecule has 0 aromatic heterocycles. The van der Waals surface area contributed by atoms with E-state index < -0.39 is 12.0 Å². The van der Waals surface area contributed by atoms with Crippen LogP contribution in [0.2, 0.25) is 0 Å². The second-order valence-corrected chi connectivity index (χ2v) is 16.4. The molecule has 0 spiro atoms. The van der Waals surface area contributed by atoms with Crippen LogP contribution in [0.15, 0.2) is 84.9 Å². The molecule has 6 rings (SSSR count). The summed E-state index contributed by atoms with van der Waals surface area (Å²) in [5, 5.41) is 3.38. The number of rotatable bonds is 14. The van der Waals surface area contributed by atoms with Crippen LogP contribution in [-0.4, -0.2) is 65.3 Å². The summed E-state index contributed by atoms with van der Waals surface area (Å²) >= 11 is 1.87. The van der Waals surface area contributed by atoms with E-state index in [4.69, 9.17) is 4.74 Å². The molecule has 282 valence electrons.